The first kappa shape index (κ1) is 17.6. The number of rotatable bonds is 5. The molecule has 0 atom stereocenters. The van der Waals surface area contributed by atoms with Crippen molar-refractivity contribution >= 4 is 29.0 Å². The van der Waals surface area contributed by atoms with Crippen LogP contribution in [0.2, 0.25) is 5.02 Å². The van der Waals surface area contributed by atoms with Crippen molar-refractivity contribution in [3.05, 3.63) is 86.8 Å². The third kappa shape index (κ3) is 3.86. The fourth-order valence-corrected chi connectivity index (χ4v) is 2.50. The van der Waals surface area contributed by atoms with Crippen LogP contribution in [0.5, 0.6) is 0 Å². The van der Waals surface area contributed by atoms with E-state index in [1.165, 1.54) is 35.1 Å². The molecule has 3 aromatic rings. The lowest BCUT2D eigenvalue weighted by Gasteiger charge is -2.04. The van der Waals surface area contributed by atoms with Gasteiger partial charge in [-0.3, -0.25) is 19.6 Å². The van der Waals surface area contributed by atoms with Crippen molar-refractivity contribution in [2.45, 2.75) is 6.54 Å². The number of nitro benzene ring substituents is 1. The number of carbonyl (C=O) groups excluding carboxylic acids is 1. The van der Waals surface area contributed by atoms with E-state index in [9.17, 15) is 19.3 Å². The number of anilines is 1. The molecule has 0 aliphatic heterocycles. The average molecular weight is 375 g/mol. The lowest BCUT2D eigenvalue weighted by Crippen LogP contribution is -2.13. The minimum absolute atomic E-state index is 0.0829. The molecule has 2 aromatic carbocycles. The first-order valence-electron chi connectivity index (χ1n) is 7.46. The zero-order valence-electron chi connectivity index (χ0n) is 13.2. The highest BCUT2D eigenvalue weighted by molar-refractivity contribution is 6.33. The quantitative estimate of drug-likeness (QED) is 0.542. The number of nitro groups is 1. The van der Waals surface area contributed by atoms with Gasteiger partial charge in [0.2, 0.25) is 0 Å². The first-order valence-corrected chi connectivity index (χ1v) is 7.84. The van der Waals surface area contributed by atoms with Gasteiger partial charge in [0.05, 0.1) is 11.5 Å². The molecule has 1 amide bonds. The van der Waals surface area contributed by atoms with Gasteiger partial charge < -0.3 is 5.32 Å². The van der Waals surface area contributed by atoms with E-state index in [0.717, 1.165) is 6.07 Å². The number of hydrogen-bond donors (Lipinski definition) is 1. The first-order chi connectivity index (χ1) is 12.4. The summed E-state index contributed by atoms with van der Waals surface area (Å²) in [6.45, 7) is 0.138. The van der Waals surface area contributed by atoms with E-state index < -0.39 is 10.8 Å². The number of nitrogens with one attached hydrogen (secondary N) is 1. The summed E-state index contributed by atoms with van der Waals surface area (Å²) in [6, 6.07) is 11.5. The third-order valence-electron chi connectivity index (χ3n) is 3.56. The van der Waals surface area contributed by atoms with Crippen LogP contribution in [-0.2, 0) is 6.54 Å². The van der Waals surface area contributed by atoms with Crippen molar-refractivity contribution in [3.8, 4) is 0 Å². The van der Waals surface area contributed by atoms with Crippen LogP contribution in [0.15, 0.2) is 54.7 Å². The Morgan fingerprint density at radius 1 is 1.27 bits per heavy atom. The number of aromatic nitrogens is 2. The smallest absolute Gasteiger partial charge is 0.270 e. The molecule has 0 saturated carbocycles. The summed E-state index contributed by atoms with van der Waals surface area (Å²) in [7, 11) is 0. The highest BCUT2D eigenvalue weighted by atomic mass is 35.5. The molecule has 26 heavy (non-hydrogen) atoms. The fourth-order valence-electron chi connectivity index (χ4n) is 2.30. The second kappa shape index (κ2) is 7.32. The Balaban J connectivity index is 1.77. The van der Waals surface area contributed by atoms with Crippen molar-refractivity contribution in [1.82, 2.24) is 9.78 Å². The van der Waals surface area contributed by atoms with Crippen molar-refractivity contribution in [1.29, 1.82) is 0 Å². The number of halogens is 2. The Kier molecular flexibility index (Phi) is 4.94. The zero-order valence-corrected chi connectivity index (χ0v) is 14.0. The summed E-state index contributed by atoms with van der Waals surface area (Å²) in [5, 5.41) is 17.6. The molecule has 3 rings (SSSR count). The molecule has 0 aliphatic carbocycles. The van der Waals surface area contributed by atoms with Gasteiger partial charge in [-0.1, -0.05) is 35.9 Å². The molecule has 132 valence electrons. The van der Waals surface area contributed by atoms with E-state index >= 15 is 0 Å². The van der Waals surface area contributed by atoms with Gasteiger partial charge in [0.1, 0.15) is 10.8 Å². The molecule has 0 bridgehead atoms. The lowest BCUT2D eigenvalue weighted by atomic mass is 10.2. The Hall–Kier alpha value is -3.26. The van der Waals surface area contributed by atoms with Crippen LogP contribution in [0.3, 0.4) is 0 Å². The Morgan fingerprint density at radius 2 is 2.04 bits per heavy atom. The normalized spacial score (nSPS) is 10.5. The van der Waals surface area contributed by atoms with Gasteiger partial charge in [-0.15, -0.1) is 0 Å². The predicted octanol–water partition coefficient (Wildman–Crippen LogP) is 3.88. The van der Waals surface area contributed by atoms with Gasteiger partial charge in [0.25, 0.3) is 11.6 Å². The molecule has 0 saturated heterocycles. The van der Waals surface area contributed by atoms with Crippen LogP contribution in [0.25, 0.3) is 0 Å². The van der Waals surface area contributed by atoms with E-state index in [1.54, 1.807) is 18.2 Å². The van der Waals surface area contributed by atoms with Crippen LogP contribution >= 0.6 is 11.6 Å². The highest BCUT2D eigenvalue weighted by Crippen LogP contribution is 2.22. The molecule has 9 heteroatoms. The van der Waals surface area contributed by atoms with Crippen molar-refractivity contribution in [2.75, 3.05) is 5.32 Å². The number of nitrogens with zero attached hydrogens (tertiary/aromatic N) is 3. The number of hydrogen-bond acceptors (Lipinski definition) is 4. The largest absolute Gasteiger partial charge is 0.304 e. The molecular weight excluding hydrogens is 363 g/mol. The standard InChI is InChI=1S/C17H12ClFN4O3/c18-14-10-22(9-12-4-1-2-7-15(12)19)21-16(14)20-17(24)11-5-3-6-13(8-11)23(25)26/h1-8,10H,9H2,(H,20,21,24). The second-order valence-electron chi connectivity index (χ2n) is 5.38. The van der Waals surface area contributed by atoms with Gasteiger partial charge in [0.15, 0.2) is 5.82 Å². The lowest BCUT2D eigenvalue weighted by molar-refractivity contribution is -0.384. The number of amides is 1. The number of benzene rings is 2. The van der Waals surface area contributed by atoms with E-state index in [4.69, 9.17) is 11.6 Å². The van der Waals surface area contributed by atoms with Crippen LogP contribution in [-0.4, -0.2) is 20.6 Å². The highest BCUT2D eigenvalue weighted by Gasteiger charge is 2.15. The van der Waals surface area contributed by atoms with Gasteiger partial charge in [0, 0.05) is 29.5 Å². The van der Waals surface area contributed by atoms with E-state index in [1.807, 2.05) is 0 Å². The van der Waals surface area contributed by atoms with Crippen molar-refractivity contribution in [3.63, 3.8) is 0 Å². The van der Waals surface area contributed by atoms with Crippen LogP contribution < -0.4 is 5.32 Å². The van der Waals surface area contributed by atoms with Crippen molar-refractivity contribution in [2.24, 2.45) is 0 Å². The van der Waals surface area contributed by atoms with Gasteiger partial charge in [-0.05, 0) is 12.1 Å². The molecular formula is C17H12ClFN4O3. The Bertz CT molecular complexity index is 990. The summed E-state index contributed by atoms with van der Waals surface area (Å²) >= 11 is 6.06. The van der Waals surface area contributed by atoms with Gasteiger partial charge in [-0.2, -0.15) is 5.10 Å². The van der Waals surface area contributed by atoms with Gasteiger partial charge in [-0.25, -0.2) is 4.39 Å². The molecule has 0 spiro atoms. The number of carbonyl (C=O) groups is 1. The van der Waals surface area contributed by atoms with Crippen molar-refractivity contribution < 1.29 is 14.1 Å². The summed E-state index contributed by atoms with van der Waals surface area (Å²) in [5.41, 5.74) is 0.316. The van der Waals surface area contributed by atoms with Gasteiger partial charge >= 0.3 is 0 Å². The summed E-state index contributed by atoms with van der Waals surface area (Å²) in [6.07, 6.45) is 1.46. The molecule has 0 aliphatic rings. The summed E-state index contributed by atoms with van der Waals surface area (Å²) in [4.78, 5) is 22.5. The van der Waals surface area contributed by atoms with E-state index in [-0.39, 0.29) is 34.5 Å². The van der Waals surface area contributed by atoms with Crippen LogP contribution in [0.4, 0.5) is 15.9 Å². The fraction of sp³-hybridized carbons (Fsp3) is 0.0588. The average Bonchev–Trinajstić information content (AvgIpc) is 2.96. The number of non-ortho nitro benzene ring substituents is 1. The zero-order chi connectivity index (χ0) is 18.7. The van der Waals surface area contributed by atoms with E-state index in [2.05, 4.69) is 10.4 Å². The molecule has 7 nitrogen and oxygen atoms in total. The maximum Gasteiger partial charge on any atom is 0.270 e. The molecule has 1 N–H and O–H groups in total. The molecule has 1 heterocycles. The maximum absolute atomic E-state index is 13.7. The van der Waals surface area contributed by atoms with E-state index in [0.29, 0.717) is 5.56 Å². The topological polar surface area (TPSA) is 90.1 Å². The van der Waals surface area contributed by atoms with Crippen LogP contribution in [0, 0.1) is 15.9 Å². The predicted molar refractivity (Wildman–Crippen MR) is 93.8 cm³/mol. The summed E-state index contributed by atoms with van der Waals surface area (Å²) < 4.78 is 15.1. The molecule has 0 radical (unpaired) electrons. The molecule has 1 aromatic heterocycles. The molecule has 0 unspecified atom stereocenters. The Morgan fingerprint density at radius 3 is 2.77 bits per heavy atom. The van der Waals surface area contributed by atoms with Crippen LogP contribution in [0.1, 0.15) is 15.9 Å². The Labute approximate surface area is 152 Å². The second-order valence-corrected chi connectivity index (χ2v) is 5.78. The maximum atomic E-state index is 13.7. The minimum atomic E-state index is -0.591. The SMILES string of the molecule is O=C(Nc1nn(Cc2ccccc2F)cc1Cl)c1cccc([N+](=O)[O-])c1. The summed E-state index contributed by atoms with van der Waals surface area (Å²) in [5.74, 6) is -0.882. The minimum Gasteiger partial charge on any atom is -0.304 e. The molecule has 0 fully saturated rings. The monoisotopic (exact) mass is 374 g/mol. The third-order valence-corrected chi connectivity index (χ3v) is 3.83.